The van der Waals surface area contributed by atoms with Crippen LogP contribution in [0.25, 0.3) is 11.0 Å². The average molecular weight is 332 g/mol. The molecule has 0 radical (unpaired) electrons. The van der Waals surface area contributed by atoms with E-state index in [9.17, 15) is 13.2 Å². The first-order chi connectivity index (χ1) is 11.5. The fourth-order valence-electron chi connectivity index (χ4n) is 3.17. The van der Waals surface area contributed by atoms with Gasteiger partial charge < -0.3 is 4.57 Å². The second-order valence-electron chi connectivity index (χ2n) is 5.80. The monoisotopic (exact) mass is 332 g/mol. The number of benzene rings is 2. The van der Waals surface area contributed by atoms with Crippen molar-refractivity contribution in [3.05, 3.63) is 66.0 Å². The van der Waals surface area contributed by atoms with E-state index < -0.39 is 18.2 Å². The van der Waals surface area contributed by atoms with E-state index in [1.165, 1.54) is 4.57 Å². The Balaban J connectivity index is 1.74. The number of imidazole rings is 1. The van der Waals surface area contributed by atoms with E-state index in [1.54, 1.807) is 24.3 Å². The van der Waals surface area contributed by atoms with Crippen LogP contribution in [-0.2, 0) is 6.18 Å². The van der Waals surface area contributed by atoms with Crippen LogP contribution in [0.4, 0.5) is 13.2 Å². The fourth-order valence-corrected chi connectivity index (χ4v) is 3.17. The lowest BCUT2D eigenvalue weighted by atomic mass is 10.0. The van der Waals surface area contributed by atoms with Crippen LogP contribution >= 0.6 is 0 Å². The predicted molar refractivity (Wildman–Crippen MR) is 83.8 cm³/mol. The fraction of sp³-hybridized carbons (Fsp3) is 0.235. The topological polar surface area (TPSA) is 41.9 Å². The summed E-state index contributed by atoms with van der Waals surface area (Å²) in [5.41, 5.74) is 7.92. The maximum atomic E-state index is 13.4. The highest BCUT2D eigenvalue weighted by atomic mass is 19.4. The summed E-state index contributed by atoms with van der Waals surface area (Å²) in [5.74, 6) is -0.878. The molecule has 1 aliphatic rings. The van der Waals surface area contributed by atoms with Gasteiger partial charge in [-0.05, 0) is 17.7 Å². The maximum Gasteiger partial charge on any atom is 0.449 e. The van der Waals surface area contributed by atoms with Gasteiger partial charge in [-0.3, -0.25) is 0 Å². The number of nitrogens with zero attached hydrogens (tertiary/aromatic N) is 2. The number of rotatable bonds is 2. The van der Waals surface area contributed by atoms with Gasteiger partial charge >= 0.3 is 6.18 Å². The molecule has 1 fully saturated rings. The van der Waals surface area contributed by atoms with E-state index in [-0.39, 0.29) is 6.04 Å². The molecule has 1 aliphatic heterocycles. The Morgan fingerprint density at radius 2 is 1.67 bits per heavy atom. The molecule has 124 valence electrons. The van der Waals surface area contributed by atoms with Gasteiger partial charge in [-0.1, -0.05) is 42.5 Å². The second kappa shape index (κ2) is 5.61. The highest BCUT2D eigenvalue weighted by Gasteiger charge is 2.40. The molecule has 3 aromatic rings. The molecule has 4 rings (SSSR count). The molecular weight excluding hydrogens is 317 g/mol. The molecule has 0 aliphatic carbocycles. The first kappa shape index (κ1) is 15.2. The van der Waals surface area contributed by atoms with Crippen molar-refractivity contribution in [3.63, 3.8) is 0 Å². The lowest BCUT2D eigenvalue weighted by molar-refractivity contribution is -0.147. The van der Waals surface area contributed by atoms with E-state index in [1.807, 2.05) is 30.3 Å². The second-order valence-corrected chi connectivity index (χ2v) is 5.80. The summed E-state index contributed by atoms with van der Waals surface area (Å²) in [5, 5.41) is 0. The molecule has 1 aromatic heterocycles. The Labute approximate surface area is 136 Å². The quantitative estimate of drug-likeness (QED) is 0.750. The zero-order chi connectivity index (χ0) is 16.7. The Kier molecular flexibility index (Phi) is 3.54. The lowest BCUT2D eigenvalue weighted by Gasteiger charge is -2.17. The number of hydrogen-bond acceptors (Lipinski definition) is 3. The van der Waals surface area contributed by atoms with Crippen LogP contribution in [0.5, 0.6) is 0 Å². The smallest absolute Gasteiger partial charge is 0.303 e. The highest BCUT2D eigenvalue weighted by molar-refractivity contribution is 5.76. The van der Waals surface area contributed by atoms with E-state index in [4.69, 9.17) is 0 Å². The van der Waals surface area contributed by atoms with Gasteiger partial charge in [0, 0.05) is 12.5 Å². The van der Waals surface area contributed by atoms with Gasteiger partial charge in [0.15, 0.2) is 0 Å². The molecule has 0 saturated carbocycles. The molecule has 2 heterocycles. The van der Waals surface area contributed by atoms with E-state index in [0.29, 0.717) is 17.5 Å². The number of aromatic nitrogens is 2. The van der Waals surface area contributed by atoms with Crippen LogP contribution in [0.15, 0.2) is 54.6 Å². The number of hydrogen-bond donors (Lipinski definition) is 2. The number of alkyl halides is 3. The number of fused-ring (bicyclic) bond motifs is 1. The highest BCUT2D eigenvalue weighted by Crippen LogP contribution is 2.36. The Hall–Kier alpha value is -2.38. The van der Waals surface area contributed by atoms with Crippen molar-refractivity contribution in [1.29, 1.82) is 0 Å². The number of hydrazine groups is 1. The summed E-state index contributed by atoms with van der Waals surface area (Å²) < 4.78 is 41.5. The van der Waals surface area contributed by atoms with Gasteiger partial charge in [0.1, 0.15) is 6.17 Å². The molecule has 0 spiro atoms. The SMILES string of the molecule is FC(F)(F)c1nc2ccccc2n1C1CC(c2ccccc2)NN1. The largest absolute Gasteiger partial charge is 0.449 e. The van der Waals surface area contributed by atoms with Gasteiger partial charge in [0.25, 0.3) is 0 Å². The molecule has 2 atom stereocenters. The minimum absolute atomic E-state index is 0.0570. The minimum atomic E-state index is -4.51. The van der Waals surface area contributed by atoms with Gasteiger partial charge in [0.05, 0.1) is 11.0 Å². The van der Waals surface area contributed by atoms with Gasteiger partial charge in [-0.15, -0.1) is 0 Å². The molecule has 2 aromatic carbocycles. The van der Waals surface area contributed by atoms with Crippen LogP contribution in [0.1, 0.15) is 30.0 Å². The van der Waals surface area contributed by atoms with Crippen molar-refractivity contribution in [3.8, 4) is 0 Å². The summed E-state index contributed by atoms with van der Waals surface area (Å²) >= 11 is 0. The van der Waals surface area contributed by atoms with Crippen molar-refractivity contribution in [1.82, 2.24) is 20.4 Å². The summed E-state index contributed by atoms with van der Waals surface area (Å²) in [4.78, 5) is 3.80. The maximum absolute atomic E-state index is 13.4. The number of nitrogens with one attached hydrogen (secondary N) is 2. The minimum Gasteiger partial charge on any atom is -0.303 e. The zero-order valence-electron chi connectivity index (χ0n) is 12.6. The molecule has 7 heteroatoms. The van der Waals surface area contributed by atoms with Crippen molar-refractivity contribution in [2.24, 2.45) is 0 Å². The number of halogens is 3. The predicted octanol–water partition coefficient (Wildman–Crippen LogP) is 3.79. The van der Waals surface area contributed by atoms with Crippen LogP contribution in [0.3, 0.4) is 0 Å². The van der Waals surface area contributed by atoms with Crippen molar-refractivity contribution in [2.75, 3.05) is 0 Å². The summed E-state index contributed by atoms with van der Waals surface area (Å²) in [6.07, 6.45) is -4.54. The van der Waals surface area contributed by atoms with E-state index in [0.717, 1.165) is 5.56 Å². The van der Waals surface area contributed by atoms with Crippen LogP contribution in [0, 0.1) is 0 Å². The Morgan fingerprint density at radius 1 is 0.958 bits per heavy atom. The molecule has 0 bridgehead atoms. The molecule has 0 amide bonds. The van der Waals surface area contributed by atoms with Crippen molar-refractivity contribution in [2.45, 2.75) is 24.8 Å². The summed E-state index contributed by atoms with van der Waals surface area (Å²) in [7, 11) is 0. The van der Waals surface area contributed by atoms with Gasteiger partial charge in [-0.25, -0.2) is 15.8 Å². The van der Waals surface area contributed by atoms with Gasteiger partial charge in [0.2, 0.25) is 5.82 Å². The zero-order valence-corrected chi connectivity index (χ0v) is 12.6. The lowest BCUT2D eigenvalue weighted by Crippen LogP contribution is -2.31. The standard InChI is InChI=1S/C17H15F3N4/c18-17(19,20)16-21-12-8-4-5-9-14(12)24(16)15-10-13(22-23-15)11-6-2-1-3-7-11/h1-9,13,15,22-23H,10H2. The van der Waals surface area contributed by atoms with Crippen molar-refractivity contribution >= 4 is 11.0 Å². The number of para-hydroxylation sites is 2. The average Bonchev–Trinajstić information content (AvgIpc) is 3.19. The Morgan fingerprint density at radius 3 is 2.42 bits per heavy atom. The third-order valence-corrected chi connectivity index (χ3v) is 4.25. The van der Waals surface area contributed by atoms with E-state index in [2.05, 4.69) is 15.8 Å². The first-order valence-electron chi connectivity index (χ1n) is 7.64. The van der Waals surface area contributed by atoms with Crippen LogP contribution in [0.2, 0.25) is 0 Å². The third-order valence-electron chi connectivity index (χ3n) is 4.25. The summed E-state index contributed by atoms with van der Waals surface area (Å²) in [6, 6.07) is 16.3. The Bertz CT molecular complexity index is 857. The molecule has 4 nitrogen and oxygen atoms in total. The third kappa shape index (κ3) is 2.55. The van der Waals surface area contributed by atoms with Crippen molar-refractivity contribution < 1.29 is 13.2 Å². The normalized spacial score (nSPS) is 21.5. The molecule has 2 unspecified atom stereocenters. The first-order valence-corrected chi connectivity index (χ1v) is 7.64. The molecule has 2 N–H and O–H groups in total. The molecule has 1 saturated heterocycles. The van der Waals surface area contributed by atoms with Crippen LogP contribution < -0.4 is 10.9 Å². The van der Waals surface area contributed by atoms with Crippen LogP contribution in [-0.4, -0.2) is 9.55 Å². The molecule has 24 heavy (non-hydrogen) atoms. The summed E-state index contributed by atoms with van der Waals surface area (Å²) in [6.45, 7) is 0. The molecular formula is C17H15F3N4. The van der Waals surface area contributed by atoms with Gasteiger partial charge in [-0.2, -0.15) is 13.2 Å². The van der Waals surface area contributed by atoms with E-state index >= 15 is 0 Å².